The highest BCUT2D eigenvalue weighted by Crippen LogP contribution is 2.45. The van der Waals surface area contributed by atoms with Gasteiger partial charge in [-0.05, 0) is 43.4 Å². The van der Waals surface area contributed by atoms with E-state index in [0.717, 1.165) is 108 Å². The zero-order valence-electron chi connectivity index (χ0n) is 73.4. The Morgan fingerprint density at radius 1 is 0.261 bits per heavy atom. The number of phosphoric ester groups is 2. The minimum absolute atomic E-state index is 0.108. The molecule has 19 heteroatoms. The Morgan fingerprint density at radius 3 is 0.685 bits per heavy atom. The molecule has 0 spiro atoms. The van der Waals surface area contributed by atoms with Gasteiger partial charge in [0, 0.05) is 25.7 Å². The van der Waals surface area contributed by atoms with Crippen LogP contribution in [0.15, 0.2) is 0 Å². The van der Waals surface area contributed by atoms with Gasteiger partial charge in [-0.2, -0.15) is 0 Å². The summed E-state index contributed by atoms with van der Waals surface area (Å²) in [5.74, 6) is 0.320. The molecule has 660 valence electrons. The fourth-order valence-corrected chi connectivity index (χ4v) is 16.0. The van der Waals surface area contributed by atoms with Gasteiger partial charge in [0.25, 0.3) is 0 Å². The number of rotatable bonds is 90. The van der Waals surface area contributed by atoms with Gasteiger partial charge in [-0.1, -0.05) is 440 Å². The van der Waals surface area contributed by atoms with Crippen molar-refractivity contribution in [3.05, 3.63) is 0 Å². The Hall–Kier alpha value is -1.94. The van der Waals surface area contributed by atoms with E-state index in [4.69, 9.17) is 37.0 Å². The number of carbonyl (C=O) groups excluding carboxylic acids is 4. The van der Waals surface area contributed by atoms with Crippen LogP contribution in [0.1, 0.15) is 492 Å². The smallest absolute Gasteiger partial charge is 0.462 e. The third kappa shape index (κ3) is 84.3. The molecule has 0 fully saturated rings. The SMILES string of the molecule is CCCCCCCCCCCCCCCCCCCCCC(=O)OC[C@H](COP(=O)(O)OC[C@@H](O)COP(=O)(O)OC[C@@H](COC(=O)CCCCCCCCCCCC(C)C)OC(=O)CCCCCCCCCCCCCCCCCC(C)C)OC(=O)CCCCCCCCCCCCCCCCCCCCC(C)CC. The van der Waals surface area contributed by atoms with Crippen LogP contribution in [-0.2, 0) is 65.4 Å². The molecule has 0 radical (unpaired) electrons. The number of hydrogen-bond donors (Lipinski definition) is 3. The first-order chi connectivity index (χ1) is 53.8. The molecule has 0 bridgehead atoms. The molecule has 0 aliphatic rings. The van der Waals surface area contributed by atoms with E-state index in [1.807, 2.05) is 0 Å². The molecule has 0 aliphatic heterocycles. The molecule has 0 saturated carbocycles. The summed E-state index contributed by atoms with van der Waals surface area (Å²) in [7, 11) is -9.94. The summed E-state index contributed by atoms with van der Waals surface area (Å²) in [5.41, 5.74) is 0. The predicted octanol–water partition coefficient (Wildman–Crippen LogP) is 28.4. The first-order valence-electron chi connectivity index (χ1n) is 47.4. The Kier molecular flexibility index (Phi) is 80.4. The molecule has 17 nitrogen and oxygen atoms in total. The summed E-state index contributed by atoms with van der Waals surface area (Å²) in [5, 5.41) is 10.7. The van der Waals surface area contributed by atoms with E-state index >= 15 is 0 Å². The van der Waals surface area contributed by atoms with Crippen molar-refractivity contribution in [2.45, 2.75) is 510 Å². The van der Waals surface area contributed by atoms with Gasteiger partial charge in [-0.15, -0.1) is 0 Å². The van der Waals surface area contributed by atoms with Gasteiger partial charge in [0.2, 0.25) is 0 Å². The maximum atomic E-state index is 13.2. The topological polar surface area (TPSA) is 237 Å². The molecule has 0 heterocycles. The minimum Gasteiger partial charge on any atom is -0.462 e. The lowest BCUT2D eigenvalue weighted by Crippen LogP contribution is -2.30. The van der Waals surface area contributed by atoms with Crippen LogP contribution in [0.4, 0.5) is 0 Å². The third-order valence-corrected chi connectivity index (χ3v) is 23.9. The average Bonchev–Trinajstić information content (AvgIpc) is 0.894. The second kappa shape index (κ2) is 81.8. The highest BCUT2D eigenvalue weighted by molar-refractivity contribution is 7.47. The van der Waals surface area contributed by atoms with Crippen LogP contribution in [0, 0.1) is 17.8 Å². The zero-order valence-corrected chi connectivity index (χ0v) is 75.2. The quantitative estimate of drug-likeness (QED) is 0.0222. The third-order valence-electron chi connectivity index (χ3n) is 22.0. The van der Waals surface area contributed by atoms with Crippen molar-refractivity contribution in [3.63, 3.8) is 0 Å². The maximum absolute atomic E-state index is 13.2. The molecule has 0 aromatic heterocycles. The Labute approximate surface area is 683 Å². The van der Waals surface area contributed by atoms with Crippen molar-refractivity contribution < 1.29 is 80.2 Å². The summed E-state index contributed by atoms with van der Waals surface area (Å²) in [6, 6.07) is 0. The van der Waals surface area contributed by atoms with Crippen LogP contribution in [-0.4, -0.2) is 96.7 Å². The van der Waals surface area contributed by atoms with Crippen LogP contribution < -0.4 is 0 Å². The summed E-state index contributed by atoms with van der Waals surface area (Å²) in [6.07, 6.45) is 75.0. The van der Waals surface area contributed by atoms with Gasteiger partial charge >= 0.3 is 39.5 Å². The molecular formula is C92H180O17P2. The maximum Gasteiger partial charge on any atom is 0.472 e. The molecule has 111 heavy (non-hydrogen) atoms. The molecule has 0 aliphatic carbocycles. The molecule has 6 atom stereocenters. The number of ether oxygens (including phenoxy) is 4. The summed E-state index contributed by atoms with van der Waals surface area (Å²) < 4.78 is 69.1. The van der Waals surface area contributed by atoms with Crippen LogP contribution in [0.2, 0.25) is 0 Å². The van der Waals surface area contributed by atoms with Gasteiger partial charge in [0.05, 0.1) is 26.4 Å². The normalized spacial score (nSPS) is 14.0. The number of unbranched alkanes of at least 4 members (excludes halogenated alkanes) is 57. The first-order valence-corrected chi connectivity index (χ1v) is 50.4. The largest absolute Gasteiger partial charge is 0.472 e. The Balaban J connectivity index is 5.25. The van der Waals surface area contributed by atoms with Crippen molar-refractivity contribution in [2.75, 3.05) is 39.6 Å². The summed E-state index contributed by atoms with van der Waals surface area (Å²) in [4.78, 5) is 73.5. The van der Waals surface area contributed by atoms with E-state index in [2.05, 4.69) is 48.5 Å². The Bertz CT molecular complexity index is 2130. The van der Waals surface area contributed by atoms with Gasteiger partial charge in [0.15, 0.2) is 12.2 Å². The van der Waals surface area contributed by atoms with E-state index in [-0.39, 0.29) is 25.7 Å². The average molecular weight is 1620 g/mol. The molecule has 3 unspecified atom stereocenters. The van der Waals surface area contributed by atoms with Gasteiger partial charge in [-0.25, -0.2) is 9.13 Å². The lowest BCUT2D eigenvalue weighted by Gasteiger charge is -2.21. The zero-order chi connectivity index (χ0) is 81.5. The molecule has 0 aromatic rings. The van der Waals surface area contributed by atoms with Crippen LogP contribution in [0.25, 0.3) is 0 Å². The number of phosphoric acid groups is 2. The van der Waals surface area contributed by atoms with Crippen LogP contribution in [0.5, 0.6) is 0 Å². The van der Waals surface area contributed by atoms with Gasteiger partial charge in [0.1, 0.15) is 19.3 Å². The first kappa shape index (κ1) is 109. The number of hydrogen-bond acceptors (Lipinski definition) is 15. The standard InChI is InChI=1S/C92H180O17P2/c1-8-10-11-12-13-14-15-16-17-18-19-23-28-33-38-45-52-59-66-73-89(94)102-79-87(108-91(96)75-68-61-54-46-39-34-29-24-21-20-22-27-32-37-44-51-58-65-72-85(7)9-2)81-106-110(98,99)104-77-86(93)78-105-111(100,101)107-82-88(80-103-90(95)74-67-60-53-48-41-43-50-57-64-71-84(5)6)109-92(97)76-69-62-55-47-40-35-30-25-26-31-36-42-49-56-63-70-83(3)4/h83-88,93H,8-82H2,1-7H3,(H,98,99)(H,100,101)/t85?,86-,87-,88-/m1/s1. The van der Waals surface area contributed by atoms with Crippen molar-refractivity contribution in [3.8, 4) is 0 Å². The van der Waals surface area contributed by atoms with E-state index in [1.54, 1.807) is 0 Å². The van der Waals surface area contributed by atoms with E-state index in [0.29, 0.717) is 25.7 Å². The second-order valence-electron chi connectivity index (χ2n) is 34.2. The highest BCUT2D eigenvalue weighted by Gasteiger charge is 2.31. The number of aliphatic hydroxyl groups is 1. The number of carbonyl (C=O) groups is 4. The lowest BCUT2D eigenvalue weighted by atomic mass is 9.99. The van der Waals surface area contributed by atoms with Crippen molar-refractivity contribution in [1.82, 2.24) is 0 Å². The predicted molar refractivity (Wildman–Crippen MR) is 460 cm³/mol. The summed E-state index contributed by atoms with van der Waals surface area (Å²) >= 11 is 0. The lowest BCUT2D eigenvalue weighted by molar-refractivity contribution is -0.161. The molecular weight excluding hydrogens is 1440 g/mol. The molecule has 0 aromatic carbocycles. The van der Waals surface area contributed by atoms with Crippen molar-refractivity contribution in [2.24, 2.45) is 17.8 Å². The van der Waals surface area contributed by atoms with Crippen molar-refractivity contribution in [1.29, 1.82) is 0 Å². The number of aliphatic hydroxyl groups excluding tert-OH is 1. The summed E-state index contributed by atoms with van der Waals surface area (Å²) in [6.45, 7) is 12.1. The molecule has 0 rings (SSSR count). The fourth-order valence-electron chi connectivity index (χ4n) is 14.4. The monoisotopic (exact) mass is 1620 g/mol. The molecule has 0 saturated heterocycles. The Morgan fingerprint density at radius 2 is 0.459 bits per heavy atom. The minimum atomic E-state index is -4.97. The number of esters is 4. The van der Waals surface area contributed by atoms with Crippen LogP contribution in [0.3, 0.4) is 0 Å². The second-order valence-corrected chi connectivity index (χ2v) is 37.2. The highest BCUT2D eigenvalue weighted by atomic mass is 31.2. The van der Waals surface area contributed by atoms with E-state index in [1.165, 1.54) is 302 Å². The molecule has 3 N–H and O–H groups in total. The van der Waals surface area contributed by atoms with Gasteiger partial charge < -0.3 is 33.8 Å². The molecule has 0 amide bonds. The van der Waals surface area contributed by atoms with E-state index in [9.17, 15) is 43.2 Å². The van der Waals surface area contributed by atoms with Crippen molar-refractivity contribution >= 4 is 39.5 Å². The van der Waals surface area contributed by atoms with E-state index < -0.39 is 97.5 Å². The fraction of sp³-hybridized carbons (Fsp3) is 0.957. The van der Waals surface area contributed by atoms with Gasteiger partial charge in [-0.3, -0.25) is 37.3 Å². The van der Waals surface area contributed by atoms with Crippen LogP contribution >= 0.6 is 15.6 Å².